The van der Waals surface area contributed by atoms with Gasteiger partial charge in [0.25, 0.3) is 0 Å². The van der Waals surface area contributed by atoms with Gasteiger partial charge in [0, 0.05) is 0 Å². The van der Waals surface area contributed by atoms with E-state index in [9.17, 15) is 0 Å². The standard InChI is InChI=1S/C33H39O3Si.3ClH.Ti/c1-21-14-11-17-27(30(21)34-8)37(28-18-12-15-22(2)31(28)35-9,29-19-13-16-23(3)32(29)36-10)33(7)20-24(4)25(5)26(33)6;;;;/h11-19H,1-10H3;3*1H;/q;;;;+3/p-3. The van der Waals surface area contributed by atoms with Crippen LogP contribution < -0.4 is 67.0 Å². The van der Waals surface area contributed by atoms with Crippen molar-refractivity contribution < 1.29 is 71.9 Å². The Balaban J connectivity index is 0.00000280. The van der Waals surface area contributed by atoms with Crippen molar-refractivity contribution in [3.05, 3.63) is 91.9 Å². The van der Waals surface area contributed by atoms with E-state index in [1.54, 1.807) is 21.3 Å². The first-order chi connectivity index (χ1) is 18.0. The third-order valence-corrected chi connectivity index (χ3v) is 16.4. The summed E-state index contributed by atoms with van der Waals surface area (Å²) < 4.78 is 20.2. The van der Waals surface area contributed by atoms with E-state index in [0.717, 1.165) is 33.9 Å². The minimum atomic E-state index is -3.11. The second kappa shape index (κ2) is 14.2. The van der Waals surface area contributed by atoms with E-state index >= 15 is 0 Å². The molecule has 0 saturated carbocycles. The van der Waals surface area contributed by atoms with E-state index < -0.39 is 8.07 Å². The minimum absolute atomic E-state index is 0. The van der Waals surface area contributed by atoms with Crippen molar-refractivity contribution in [2.75, 3.05) is 21.3 Å². The van der Waals surface area contributed by atoms with Gasteiger partial charge in [0.05, 0.1) is 0 Å². The van der Waals surface area contributed by atoms with E-state index in [2.05, 4.69) is 123 Å². The molecule has 1 aliphatic rings. The quantitative estimate of drug-likeness (QED) is 0.200. The van der Waals surface area contributed by atoms with E-state index in [1.807, 2.05) is 0 Å². The van der Waals surface area contributed by atoms with E-state index in [-0.39, 0.29) is 42.3 Å². The molecule has 41 heavy (non-hydrogen) atoms. The van der Waals surface area contributed by atoms with Gasteiger partial charge in [-0.2, -0.15) is 0 Å². The van der Waals surface area contributed by atoms with Crippen molar-refractivity contribution >= 4 is 23.6 Å². The Labute approximate surface area is 277 Å². The Bertz CT molecular complexity index is 1330. The van der Waals surface area contributed by atoms with Gasteiger partial charge in [-0.05, 0) is 0 Å². The van der Waals surface area contributed by atoms with Crippen molar-refractivity contribution in [1.82, 2.24) is 0 Å². The van der Waals surface area contributed by atoms with Crippen LogP contribution in [-0.2, 0) is 20.4 Å². The third-order valence-electron chi connectivity index (χ3n) is 8.96. The van der Waals surface area contributed by atoms with Crippen LogP contribution in [-0.4, -0.2) is 29.4 Å². The fourth-order valence-corrected chi connectivity index (χ4v) is 15.0. The topological polar surface area (TPSA) is 27.7 Å². The van der Waals surface area contributed by atoms with Crippen LogP contribution in [0.2, 0.25) is 5.04 Å². The van der Waals surface area contributed by atoms with Gasteiger partial charge >= 0.3 is 242 Å². The molecule has 8 heteroatoms. The third kappa shape index (κ3) is 5.34. The van der Waals surface area contributed by atoms with Crippen molar-refractivity contribution in [1.29, 1.82) is 0 Å². The monoisotopic (exact) mass is 664 g/mol. The van der Waals surface area contributed by atoms with Crippen LogP contribution in [0.3, 0.4) is 0 Å². The number of halogens is 3. The van der Waals surface area contributed by atoms with Crippen LogP contribution in [0.1, 0.15) is 44.4 Å². The first-order valence-electron chi connectivity index (χ1n) is 13.1. The number of hydrogen-bond donors (Lipinski definition) is 0. The SMILES string of the molecule is COc1c(C)cccc1[Si](c1cccc(C)c1OC)(c1cccc(C)c1OC)C1(C)C(C)=C(C)C(C)=[C]1[Ti+3].[Cl-].[Cl-].[Cl-]. The average molecular weight is 666 g/mol. The van der Waals surface area contributed by atoms with Crippen molar-refractivity contribution in [2.24, 2.45) is 0 Å². The molecular formula is C33H39Cl3O3SiTi. The van der Waals surface area contributed by atoms with E-state index in [4.69, 9.17) is 14.2 Å². The maximum absolute atomic E-state index is 6.28. The zero-order chi connectivity index (χ0) is 28.0. The fourth-order valence-electron chi connectivity index (χ4n) is 6.77. The van der Waals surface area contributed by atoms with Crippen molar-refractivity contribution in [3.63, 3.8) is 0 Å². The molecular weight excluding hydrogens is 627 g/mol. The predicted octanol–water partition coefficient (Wildman–Crippen LogP) is -2.95. The Hall–Kier alpha value is -1.66. The summed E-state index contributed by atoms with van der Waals surface area (Å²) >= 11 is 2.32. The fraction of sp³-hybridized carbons (Fsp3) is 0.333. The Morgan fingerprint density at radius 3 is 1.12 bits per heavy atom. The predicted molar refractivity (Wildman–Crippen MR) is 157 cm³/mol. The maximum Gasteiger partial charge on any atom is -1.00 e. The molecule has 0 amide bonds. The molecule has 0 spiro atoms. The normalized spacial score (nSPS) is 16.5. The van der Waals surface area contributed by atoms with Gasteiger partial charge in [0.15, 0.2) is 0 Å². The van der Waals surface area contributed by atoms with Crippen LogP contribution >= 0.6 is 0 Å². The molecule has 0 heterocycles. The molecule has 0 aromatic heterocycles. The van der Waals surface area contributed by atoms with Gasteiger partial charge in [-0.25, -0.2) is 0 Å². The summed E-state index contributed by atoms with van der Waals surface area (Å²) in [5, 5.41) is 3.38. The molecule has 1 unspecified atom stereocenters. The van der Waals surface area contributed by atoms with Gasteiger partial charge in [-0.1, -0.05) is 0 Å². The number of para-hydroxylation sites is 3. The van der Waals surface area contributed by atoms with Gasteiger partial charge in [-0.15, -0.1) is 0 Å². The molecule has 0 radical (unpaired) electrons. The second-order valence-electron chi connectivity index (χ2n) is 10.6. The summed E-state index contributed by atoms with van der Waals surface area (Å²) in [6, 6.07) is 19.8. The summed E-state index contributed by atoms with van der Waals surface area (Å²) in [6.07, 6.45) is 0. The molecule has 1 aliphatic carbocycles. The Morgan fingerprint density at radius 2 is 0.878 bits per heavy atom. The summed E-state index contributed by atoms with van der Waals surface area (Å²) in [5.74, 6) is 2.82. The van der Waals surface area contributed by atoms with Gasteiger partial charge in [0.2, 0.25) is 0 Å². The zero-order valence-corrected chi connectivity index (χ0v) is 30.4. The second-order valence-corrected chi connectivity index (χ2v) is 15.5. The van der Waals surface area contributed by atoms with Crippen molar-refractivity contribution in [2.45, 2.75) is 53.5 Å². The number of methoxy groups -OCH3 is 3. The molecule has 0 bridgehead atoms. The number of allylic oxidation sites excluding steroid dienone is 4. The van der Waals surface area contributed by atoms with E-state index in [0.29, 0.717) is 0 Å². The minimum Gasteiger partial charge on any atom is -1.00 e. The first kappa shape index (κ1) is 37.4. The number of rotatable bonds is 7. The van der Waals surface area contributed by atoms with Gasteiger partial charge in [0.1, 0.15) is 0 Å². The van der Waals surface area contributed by atoms with Gasteiger partial charge < -0.3 is 37.2 Å². The maximum atomic E-state index is 6.28. The number of benzene rings is 3. The van der Waals surface area contributed by atoms with E-state index in [1.165, 1.54) is 36.2 Å². The van der Waals surface area contributed by atoms with Gasteiger partial charge in [-0.3, -0.25) is 0 Å². The summed E-state index contributed by atoms with van der Waals surface area (Å²) in [4.78, 5) is 0. The molecule has 1 atom stereocenters. The number of aryl methyl sites for hydroxylation is 3. The van der Waals surface area contributed by atoms with Crippen LogP contribution in [0.15, 0.2) is 75.2 Å². The largest absolute Gasteiger partial charge is 1.00 e. The number of hydrogen-bond acceptors (Lipinski definition) is 3. The molecule has 3 nitrogen and oxygen atoms in total. The molecule has 0 saturated heterocycles. The smallest absolute Gasteiger partial charge is 1.00 e. The molecule has 0 aliphatic heterocycles. The molecule has 0 fully saturated rings. The number of ether oxygens (including phenoxy) is 3. The summed E-state index contributed by atoms with van der Waals surface area (Å²) in [7, 11) is 2.28. The van der Waals surface area contributed by atoms with Crippen LogP contribution in [0.4, 0.5) is 0 Å². The first-order valence-corrected chi connectivity index (χ1v) is 15.8. The average Bonchev–Trinajstić information content (AvgIpc) is 3.05. The molecule has 3 aromatic rings. The van der Waals surface area contributed by atoms with Crippen LogP contribution in [0.5, 0.6) is 17.2 Å². The molecule has 4 rings (SSSR count). The molecule has 3 aromatic carbocycles. The molecule has 218 valence electrons. The molecule has 0 N–H and O–H groups in total. The van der Waals surface area contributed by atoms with Crippen LogP contribution in [0.25, 0.3) is 0 Å². The summed E-state index contributed by atoms with van der Waals surface area (Å²) in [5.41, 5.74) is 7.50. The zero-order valence-electron chi connectivity index (χ0n) is 25.6. The Kier molecular flexibility index (Phi) is 12.9. The summed E-state index contributed by atoms with van der Waals surface area (Å²) in [6.45, 7) is 15.7. The van der Waals surface area contributed by atoms with Crippen molar-refractivity contribution in [3.8, 4) is 17.2 Å². The Morgan fingerprint density at radius 1 is 0.561 bits per heavy atom. The van der Waals surface area contributed by atoms with Crippen LogP contribution in [0, 0.1) is 20.8 Å².